The smallest absolute Gasteiger partial charge is 0.0542 e. The maximum absolute atomic E-state index is 4.39. The summed E-state index contributed by atoms with van der Waals surface area (Å²) in [5, 5.41) is 3.64. The second-order valence-corrected chi connectivity index (χ2v) is 6.38. The Morgan fingerprint density at radius 3 is 2.53 bits per heavy atom. The van der Waals surface area contributed by atoms with E-state index < -0.39 is 0 Å². The van der Waals surface area contributed by atoms with E-state index >= 15 is 0 Å². The molecular formula is C14H21BrN2. The van der Waals surface area contributed by atoms with E-state index in [1.165, 1.54) is 19.3 Å². The summed E-state index contributed by atoms with van der Waals surface area (Å²) in [6, 6.07) is 4.79. The van der Waals surface area contributed by atoms with Crippen molar-refractivity contribution in [1.82, 2.24) is 10.3 Å². The third-order valence-corrected chi connectivity index (χ3v) is 4.01. The van der Waals surface area contributed by atoms with E-state index in [0.29, 0.717) is 6.04 Å². The first-order chi connectivity index (χ1) is 8.13. The third kappa shape index (κ3) is 4.07. The van der Waals surface area contributed by atoms with Crippen molar-refractivity contribution in [2.24, 2.45) is 11.8 Å². The van der Waals surface area contributed by atoms with Gasteiger partial charge in [-0.1, -0.05) is 13.8 Å². The summed E-state index contributed by atoms with van der Waals surface area (Å²) in [6.07, 6.45) is 5.86. The van der Waals surface area contributed by atoms with E-state index in [2.05, 4.69) is 52.2 Å². The molecule has 1 fully saturated rings. The monoisotopic (exact) mass is 296 g/mol. The van der Waals surface area contributed by atoms with E-state index in [-0.39, 0.29) is 0 Å². The highest BCUT2D eigenvalue weighted by Crippen LogP contribution is 2.28. The molecule has 1 heterocycles. The average Bonchev–Trinajstić information content (AvgIpc) is 2.27. The molecule has 1 saturated carbocycles. The van der Waals surface area contributed by atoms with E-state index in [1.54, 1.807) is 0 Å². The Bertz CT molecular complexity index is 340. The van der Waals surface area contributed by atoms with E-state index in [4.69, 9.17) is 0 Å². The summed E-state index contributed by atoms with van der Waals surface area (Å²) in [6.45, 7) is 5.61. The van der Waals surface area contributed by atoms with Crippen LogP contribution in [0.3, 0.4) is 0 Å². The molecule has 1 N–H and O–H groups in total. The van der Waals surface area contributed by atoms with Gasteiger partial charge >= 0.3 is 0 Å². The summed E-state index contributed by atoms with van der Waals surface area (Å²) in [7, 11) is 0. The van der Waals surface area contributed by atoms with Gasteiger partial charge in [0.15, 0.2) is 0 Å². The Morgan fingerprint density at radius 1 is 1.24 bits per heavy atom. The van der Waals surface area contributed by atoms with E-state index in [1.807, 2.05) is 6.20 Å². The maximum Gasteiger partial charge on any atom is 0.0542 e. The normalized spacial score (nSPS) is 29.2. The van der Waals surface area contributed by atoms with Gasteiger partial charge in [-0.15, -0.1) is 0 Å². The predicted molar refractivity (Wildman–Crippen MR) is 74.7 cm³/mol. The first-order valence-corrected chi connectivity index (χ1v) is 7.26. The number of aromatic nitrogens is 1. The molecule has 1 aromatic heterocycles. The first-order valence-electron chi connectivity index (χ1n) is 6.47. The molecule has 0 aromatic carbocycles. The highest BCUT2D eigenvalue weighted by Gasteiger charge is 2.23. The standard InChI is InChI=1S/C14H21BrN2/c1-10-5-11(2)7-14(6-10)17-9-13-4-3-12(15)8-16-13/h3-4,8,10-11,14,17H,5-7,9H2,1-2H3. The molecule has 0 bridgehead atoms. The molecule has 2 nitrogen and oxygen atoms in total. The summed E-state index contributed by atoms with van der Waals surface area (Å²) in [5.74, 6) is 1.71. The lowest BCUT2D eigenvalue weighted by molar-refractivity contribution is 0.237. The van der Waals surface area contributed by atoms with Crippen molar-refractivity contribution in [2.75, 3.05) is 0 Å². The summed E-state index contributed by atoms with van der Waals surface area (Å²) in [4.78, 5) is 4.39. The summed E-state index contributed by atoms with van der Waals surface area (Å²) >= 11 is 3.41. The van der Waals surface area contributed by atoms with Crippen LogP contribution >= 0.6 is 15.9 Å². The molecule has 0 aliphatic heterocycles. The van der Waals surface area contributed by atoms with Gasteiger partial charge in [-0.2, -0.15) is 0 Å². The molecule has 0 amide bonds. The first kappa shape index (κ1) is 13.0. The van der Waals surface area contributed by atoms with Crippen molar-refractivity contribution in [3.8, 4) is 0 Å². The van der Waals surface area contributed by atoms with Crippen LogP contribution in [0.4, 0.5) is 0 Å². The Hall–Kier alpha value is -0.410. The van der Waals surface area contributed by atoms with Crippen molar-refractivity contribution in [1.29, 1.82) is 0 Å². The molecular weight excluding hydrogens is 276 g/mol. The zero-order valence-electron chi connectivity index (χ0n) is 10.6. The van der Waals surface area contributed by atoms with Crippen molar-refractivity contribution < 1.29 is 0 Å². The molecule has 0 radical (unpaired) electrons. The van der Waals surface area contributed by atoms with Crippen LogP contribution in [0.2, 0.25) is 0 Å². The second-order valence-electron chi connectivity index (χ2n) is 5.46. The molecule has 1 aliphatic rings. The average molecular weight is 297 g/mol. The minimum Gasteiger partial charge on any atom is -0.308 e. The number of rotatable bonds is 3. The minimum absolute atomic E-state index is 0.666. The molecule has 0 spiro atoms. The lowest BCUT2D eigenvalue weighted by Crippen LogP contribution is -2.36. The fraction of sp³-hybridized carbons (Fsp3) is 0.643. The van der Waals surface area contributed by atoms with Gasteiger partial charge in [-0.3, -0.25) is 4.98 Å². The summed E-state index contributed by atoms with van der Waals surface area (Å²) < 4.78 is 1.04. The minimum atomic E-state index is 0.666. The molecule has 2 atom stereocenters. The zero-order valence-corrected chi connectivity index (χ0v) is 12.2. The van der Waals surface area contributed by atoms with Gasteiger partial charge in [0, 0.05) is 23.3 Å². The zero-order chi connectivity index (χ0) is 12.3. The largest absolute Gasteiger partial charge is 0.308 e. The number of hydrogen-bond donors (Lipinski definition) is 1. The third-order valence-electron chi connectivity index (χ3n) is 3.54. The highest BCUT2D eigenvalue weighted by atomic mass is 79.9. The predicted octanol–water partition coefficient (Wildman–Crippen LogP) is 3.76. The van der Waals surface area contributed by atoms with Crippen LogP contribution in [0.1, 0.15) is 38.8 Å². The van der Waals surface area contributed by atoms with Gasteiger partial charge in [0.05, 0.1) is 5.69 Å². The lowest BCUT2D eigenvalue weighted by Gasteiger charge is -2.32. The van der Waals surface area contributed by atoms with E-state index in [9.17, 15) is 0 Å². The molecule has 1 aromatic rings. The quantitative estimate of drug-likeness (QED) is 0.919. The molecule has 2 unspecified atom stereocenters. The lowest BCUT2D eigenvalue weighted by atomic mass is 9.80. The Morgan fingerprint density at radius 2 is 1.94 bits per heavy atom. The number of nitrogens with zero attached hydrogens (tertiary/aromatic N) is 1. The second kappa shape index (κ2) is 5.96. The topological polar surface area (TPSA) is 24.9 Å². The number of nitrogens with one attached hydrogen (secondary N) is 1. The maximum atomic E-state index is 4.39. The molecule has 17 heavy (non-hydrogen) atoms. The van der Waals surface area contributed by atoms with Crippen molar-refractivity contribution in [3.63, 3.8) is 0 Å². The van der Waals surface area contributed by atoms with Gasteiger partial charge in [0.25, 0.3) is 0 Å². The van der Waals surface area contributed by atoms with Crippen LogP contribution in [0.25, 0.3) is 0 Å². The van der Waals surface area contributed by atoms with Crippen LogP contribution in [0, 0.1) is 11.8 Å². The van der Waals surface area contributed by atoms with Gasteiger partial charge < -0.3 is 5.32 Å². The van der Waals surface area contributed by atoms with E-state index in [0.717, 1.165) is 28.5 Å². The van der Waals surface area contributed by atoms with Gasteiger partial charge in [0.2, 0.25) is 0 Å². The number of halogens is 1. The molecule has 1 aliphatic carbocycles. The van der Waals surface area contributed by atoms with Crippen LogP contribution in [-0.2, 0) is 6.54 Å². The fourth-order valence-electron chi connectivity index (χ4n) is 2.87. The van der Waals surface area contributed by atoms with Crippen LogP contribution in [0.15, 0.2) is 22.8 Å². The molecule has 94 valence electrons. The molecule has 3 heteroatoms. The van der Waals surface area contributed by atoms with Gasteiger partial charge in [-0.05, 0) is 59.2 Å². The summed E-state index contributed by atoms with van der Waals surface area (Å²) in [5.41, 5.74) is 1.12. The van der Waals surface area contributed by atoms with Gasteiger partial charge in [0.1, 0.15) is 0 Å². The highest BCUT2D eigenvalue weighted by molar-refractivity contribution is 9.10. The molecule has 0 saturated heterocycles. The van der Waals surface area contributed by atoms with Crippen molar-refractivity contribution in [2.45, 2.75) is 45.7 Å². The van der Waals surface area contributed by atoms with Crippen molar-refractivity contribution in [3.05, 3.63) is 28.5 Å². The van der Waals surface area contributed by atoms with Crippen molar-refractivity contribution >= 4 is 15.9 Å². The molecule has 2 rings (SSSR count). The Kier molecular flexibility index (Phi) is 4.57. The Labute approximate surface area is 112 Å². The van der Waals surface area contributed by atoms with Crippen LogP contribution in [-0.4, -0.2) is 11.0 Å². The van der Waals surface area contributed by atoms with Crippen LogP contribution in [0.5, 0.6) is 0 Å². The number of pyridine rings is 1. The Balaban J connectivity index is 1.83. The fourth-order valence-corrected chi connectivity index (χ4v) is 3.11. The number of hydrogen-bond acceptors (Lipinski definition) is 2. The van der Waals surface area contributed by atoms with Crippen LogP contribution < -0.4 is 5.32 Å². The SMILES string of the molecule is CC1CC(C)CC(NCc2ccc(Br)cn2)C1. The van der Waals surface area contributed by atoms with Gasteiger partial charge in [-0.25, -0.2) is 0 Å².